The van der Waals surface area contributed by atoms with Crippen LogP contribution in [0.3, 0.4) is 0 Å². The van der Waals surface area contributed by atoms with Crippen molar-refractivity contribution in [3.63, 3.8) is 0 Å². The van der Waals surface area contributed by atoms with Gasteiger partial charge in [0.2, 0.25) is 0 Å². The molecule has 0 heterocycles. The molecule has 1 saturated carbocycles. The van der Waals surface area contributed by atoms with Gasteiger partial charge in [-0.15, -0.1) is 0 Å². The van der Waals surface area contributed by atoms with Crippen molar-refractivity contribution in [3.8, 4) is 5.75 Å². The zero-order valence-electron chi connectivity index (χ0n) is 10.7. The predicted molar refractivity (Wildman–Crippen MR) is 65.7 cm³/mol. The van der Waals surface area contributed by atoms with Crippen molar-refractivity contribution in [1.29, 1.82) is 0 Å². The number of ether oxygens (including phenoxy) is 1. The van der Waals surface area contributed by atoms with E-state index in [0.717, 1.165) is 13.3 Å². The van der Waals surface area contributed by atoms with Crippen molar-refractivity contribution in [2.45, 2.75) is 37.5 Å². The number of carboxylic acids is 1. The molecule has 0 saturated heterocycles. The summed E-state index contributed by atoms with van der Waals surface area (Å²) in [5, 5.41) is 9.29. The zero-order chi connectivity index (χ0) is 14.1. The lowest BCUT2D eigenvalue weighted by atomic mass is 9.64. The number of halogens is 2. The Labute approximate surface area is 110 Å². The molecule has 0 bridgehead atoms. The highest BCUT2D eigenvalue weighted by atomic mass is 19.3. The largest absolute Gasteiger partial charge is 0.487 e. The molecule has 0 amide bonds. The number of alkyl halides is 2. The smallest absolute Gasteiger partial charge is 0.314 e. The van der Waals surface area contributed by atoms with Gasteiger partial charge in [0, 0.05) is 6.92 Å². The van der Waals surface area contributed by atoms with Crippen LogP contribution in [0.4, 0.5) is 8.78 Å². The van der Waals surface area contributed by atoms with E-state index in [9.17, 15) is 18.7 Å². The fourth-order valence-corrected chi connectivity index (χ4v) is 2.24. The van der Waals surface area contributed by atoms with E-state index in [-0.39, 0.29) is 0 Å². The Kier molecular flexibility index (Phi) is 3.47. The molecule has 0 aliphatic heterocycles. The summed E-state index contributed by atoms with van der Waals surface area (Å²) in [6, 6.07) is 6.39. The van der Waals surface area contributed by atoms with Gasteiger partial charge in [-0.05, 0) is 30.5 Å². The van der Waals surface area contributed by atoms with Crippen LogP contribution in [0.25, 0.3) is 0 Å². The lowest BCUT2D eigenvalue weighted by molar-refractivity contribution is -0.147. The molecule has 2 rings (SSSR count). The fourth-order valence-electron chi connectivity index (χ4n) is 2.24. The van der Waals surface area contributed by atoms with Crippen LogP contribution in [0.1, 0.15) is 31.7 Å². The summed E-state index contributed by atoms with van der Waals surface area (Å²) in [6.07, 6.45) is 2.14. The average molecular weight is 270 g/mol. The summed E-state index contributed by atoms with van der Waals surface area (Å²) in [7, 11) is 0. The lowest BCUT2D eigenvalue weighted by Crippen LogP contribution is -2.42. The summed E-state index contributed by atoms with van der Waals surface area (Å²) >= 11 is 0. The summed E-state index contributed by atoms with van der Waals surface area (Å²) < 4.78 is 30.2. The molecular formula is C14H16F2O3. The van der Waals surface area contributed by atoms with Crippen LogP contribution >= 0.6 is 0 Å². The summed E-state index contributed by atoms with van der Waals surface area (Å²) in [5.41, 5.74) is -0.0883. The maximum atomic E-state index is 12.6. The predicted octanol–water partition coefficient (Wildman–Crippen LogP) is 3.23. The Hall–Kier alpha value is -1.65. The molecule has 1 fully saturated rings. The van der Waals surface area contributed by atoms with Crippen LogP contribution < -0.4 is 4.74 Å². The van der Waals surface area contributed by atoms with Gasteiger partial charge in [0.1, 0.15) is 5.75 Å². The quantitative estimate of drug-likeness (QED) is 0.893. The second-order valence-corrected chi connectivity index (χ2v) is 5.12. The maximum absolute atomic E-state index is 12.6. The minimum Gasteiger partial charge on any atom is -0.487 e. The second kappa shape index (κ2) is 4.79. The topological polar surface area (TPSA) is 46.5 Å². The number of rotatable bonds is 5. The number of aliphatic carboxylic acids is 1. The van der Waals surface area contributed by atoms with Crippen molar-refractivity contribution >= 4 is 5.97 Å². The van der Waals surface area contributed by atoms with Crippen molar-refractivity contribution in [2.75, 3.05) is 6.61 Å². The van der Waals surface area contributed by atoms with E-state index in [1.165, 1.54) is 0 Å². The molecular weight excluding hydrogens is 254 g/mol. The van der Waals surface area contributed by atoms with Gasteiger partial charge >= 0.3 is 5.97 Å². The van der Waals surface area contributed by atoms with Crippen LogP contribution in [0.5, 0.6) is 5.75 Å². The standard InChI is InChI=1S/C14H16F2O3/c1-13(15,16)9-19-11-5-3-10(4-6-11)14(12(17)18)7-2-8-14/h3-6H,2,7-9H2,1H3,(H,17,18). The van der Waals surface area contributed by atoms with Gasteiger partial charge in [0.15, 0.2) is 6.61 Å². The van der Waals surface area contributed by atoms with E-state index in [1.807, 2.05) is 0 Å². The number of carboxylic acid groups (broad SMARTS) is 1. The van der Waals surface area contributed by atoms with Crippen LogP contribution in [-0.2, 0) is 10.2 Å². The Morgan fingerprint density at radius 2 is 1.95 bits per heavy atom. The molecule has 0 unspecified atom stereocenters. The molecule has 1 N–H and O–H groups in total. The van der Waals surface area contributed by atoms with Crippen LogP contribution in [-0.4, -0.2) is 23.6 Å². The monoisotopic (exact) mass is 270 g/mol. The Morgan fingerprint density at radius 1 is 1.37 bits per heavy atom. The molecule has 19 heavy (non-hydrogen) atoms. The van der Waals surface area contributed by atoms with E-state index in [1.54, 1.807) is 24.3 Å². The third-order valence-electron chi connectivity index (χ3n) is 3.52. The molecule has 1 aromatic carbocycles. The first-order chi connectivity index (χ1) is 8.83. The molecule has 1 aromatic rings. The van der Waals surface area contributed by atoms with Gasteiger partial charge in [-0.3, -0.25) is 4.79 Å². The van der Waals surface area contributed by atoms with Gasteiger partial charge in [-0.25, -0.2) is 8.78 Å². The van der Waals surface area contributed by atoms with Gasteiger partial charge in [-0.2, -0.15) is 0 Å². The molecule has 1 aliphatic rings. The normalized spacial score (nSPS) is 17.6. The highest BCUT2D eigenvalue weighted by Crippen LogP contribution is 2.44. The van der Waals surface area contributed by atoms with Crippen molar-refractivity contribution in [2.24, 2.45) is 0 Å². The van der Waals surface area contributed by atoms with E-state index in [0.29, 0.717) is 24.2 Å². The SMILES string of the molecule is CC(F)(F)COc1ccc(C2(C(=O)O)CCC2)cc1. The molecule has 104 valence electrons. The highest BCUT2D eigenvalue weighted by molar-refractivity contribution is 5.82. The lowest BCUT2D eigenvalue weighted by Gasteiger charge is -2.38. The Balaban J connectivity index is 2.08. The van der Waals surface area contributed by atoms with Crippen LogP contribution in [0, 0.1) is 0 Å². The maximum Gasteiger partial charge on any atom is 0.314 e. The van der Waals surface area contributed by atoms with E-state index in [4.69, 9.17) is 4.74 Å². The Bertz CT molecular complexity index is 459. The van der Waals surface area contributed by atoms with Gasteiger partial charge < -0.3 is 9.84 Å². The van der Waals surface area contributed by atoms with E-state index >= 15 is 0 Å². The molecule has 0 aromatic heterocycles. The van der Waals surface area contributed by atoms with Gasteiger partial charge in [-0.1, -0.05) is 18.6 Å². The first-order valence-electron chi connectivity index (χ1n) is 6.18. The summed E-state index contributed by atoms with van der Waals surface area (Å²) in [4.78, 5) is 11.3. The van der Waals surface area contributed by atoms with Crippen molar-refractivity contribution < 1.29 is 23.4 Å². The number of carbonyl (C=O) groups is 1. The van der Waals surface area contributed by atoms with Crippen LogP contribution in [0.15, 0.2) is 24.3 Å². The molecule has 0 atom stereocenters. The number of hydrogen-bond acceptors (Lipinski definition) is 2. The third kappa shape index (κ3) is 2.85. The highest BCUT2D eigenvalue weighted by Gasteiger charge is 2.45. The van der Waals surface area contributed by atoms with Crippen molar-refractivity contribution in [1.82, 2.24) is 0 Å². The van der Waals surface area contributed by atoms with Crippen LogP contribution in [0.2, 0.25) is 0 Å². The van der Waals surface area contributed by atoms with E-state index in [2.05, 4.69) is 0 Å². The first-order valence-corrected chi connectivity index (χ1v) is 6.18. The fraction of sp³-hybridized carbons (Fsp3) is 0.500. The van der Waals surface area contributed by atoms with Gasteiger partial charge in [0.25, 0.3) is 5.92 Å². The van der Waals surface area contributed by atoms with Gasteiger partial charge in [0.05, 0.1) is 5.41 Å². The molecule has 5 heteroatoms. The molecule has 3 nitrogen and oxygen atoms in total. The molecule has 0 radical (unpaired) electrons. The third-order valence-corrected chi connectivity index (χ3v) is 3.52. The van der Waals surface area contributed by atoms with E-state index < -0.39 is 23.9 Å². The number of hydrogen-bond donors (Lipinski definition) is 1. The molecule has 1 aliphatic carbocycles. The molecule has 0 spiro atoms. The summed E-state index contributed by atoms with van der Waals surface area (Å²) in [5.74, 6) is -3.38. The average Bonchev–Trinajstić information content (AvgIpc) is 2.25. The zero-order valence-corrected chi connectivity index (χ0v) is 10.7. The number of benzene rings is 1. The second-order valence-electron chi connectivity index (χ2n) is 5.12. The summed E-state index contributed by atoms with van der Waals surface area (Å²) in [6.45, 7) is 0.103. The minimum absolute atomic E-state index is 0.324. The minimum atomic E-state index is -2.88. The Morgan fingerprint density at radius 3 is 2.32 bits per heavy atom. The van der Waals surface area contributed by atoms with Crippen molar-refractivity contribution in [3.05, 3.63) is 29.8 Å². The first kappa shape index (κ1) is 13.8.